The van der Waals surface area contributed by atoms with Gasteiger partial charge >= 0.3 is 0 Å². The number of aliphatic hydroxyl groups is 1. The molecule has 3 heterocycles. The number of nitrogens with one attached hydrogen (secondary N) is 1. The van der Waals surface area contributed by atoms with E-state index in [4.69, 9.17) is 9.72 Å². The van der Waals surface area contributed by atoms with Crippen LogP contribution in [-0.2, 0) is 22.5 Å². The highest BCUT2D eigenvalue weighted by Gasteiger charge is 2.40. The summed E-state index contributed by atoms with van der Waals surface area (Å²) in [5.41, 5.74) is 3.18. The molecular weight excluding hydrogens is 380 g/mol. The molecule has 1 amide bonds. The number of pyridine rings is 1. The molecule has 1 saturated heterocycles. The number of aryl methyl sites for hydroxylation is 2. The molecule has 0 radical (unpaired) electrons. The summed E-state index contributed by atoms with van der Waals surface area (Å²) in [6, 6.07) is 4.45. The number of aromatic nitrogens is 2. The van der Waals surface area contributed by atoms with Crippen molar-refractivity contribution in [3.05, 3.63) is 29.7 Å². The summed E-state index contributed by atoms with van der Waals surface area (Å²) in [5.74, 6) is 0.0757. The Morgan fingerprint density at radius 1 is 1.47 bits per heavy atom. The molecule has 0 bridgehead atoms. The van der Waals surface area contributed by atoms with Crippen molar-refractivity contribution in [1.82, 2.24) is 19.8 Å². The molecule has 2 aromatic rings. The summed E-state index contributed by atoms with van der Waals surface area (Å²) < 4.78 is 7.96. The fourth-order valence-electron chi connectivity index (χ4n) is 4.43. The smallest absolute Gasteiger partial charge is 0.253 e. The zero-order valence-electron chi connectivity index (χ0n) is 18.1. The van der Waals surface area contributed by atoms with Gasteiger partial charge in [0.2, 0.25) is 0 Å². The minimum absolute atomic E-state index is 0.0757. The Balaban J connectivity index is 1.67. The van der Waals surface area contributed by atoms with Crippen molar-refractivity contribution in [3.63, 3.8) is 0 Å². The first-order valence-electron chi connectivity index (χ1n) is 11.4. The van der Waals surface area contributed by atoms with Gasteiger partial charge in [0.1, 0.15) is 6.10 Å². The summed E-state index contributed by atoms with van der Waals surface area (Å²) in [5, 5.41) is 13.7. The average Bonchev–Trinajstić information content (AvgIpc) is 3.52. The van der Waals surface area contributed by atoms with Gasteiger partial charge in [0.25, 0.3) is 5.91 Å². The number of aliphatic hydroxyl groups excluding tert-OH is 1. The summed E-state index contributed by atoms with van der Waals surface area (Å²) in [4.78, 5) is 20.4. The molecule has 7 heteroatoms. The quantitative estimate of drug-likeness (QED) is 0.659. The Hall–Kier alpha value is -1.96. The third-order valence-electron chi connectivity index (χ3n) is 6.15. The van der Waals surface area contributed by atoms with Crippen LogP contribution in [0.25, 0.3) is 10.9 Å². The van der Waals surface area contributed by atoms with Crippen LogP contribution in [0.4, 0.5) is 0 Å². The molecule has 4 rings (SSSR count). The number of hydrogen-bond acceptors (Lipinski definition) is 5. The van der Waals surface area contributed by atoms with Crippen molar-refractivity contribution < 1.29 is 14.6 Å². The van der Waals surface area contributed by atoms with Crippen molar-refractivity contribution in [2.75, 3.05) is 26.3 Å². The zero-order chi connectivity index (χ0) is 21.1. The molecule has 0 aromatic carbocycles. The van der Waals surface area contributed by atoms with E-state index in [0.717, 1.165) is 62.1 Å². The molecule has 0 spiro atoms. The van der Waals surface area contributed by atoms with Gasteiger partial charge in [-0.2, -0.15) is 0 Å². The van der Waals surface area contributed by atoms with Gasteiger partial charge < -0.3 is 24.6 Å². The normalized spacial score (nSPS) is 20.4. The van der Waals surface area contributed by atoms with E-state index in [1.54, 1.807) is 0 Å². The van der Waals surface area contributed by atoms with Gasteiger partial charge in [-0.25, -0.2) is 0 Å². The molecule has 2 aromatic heterocycles. The maximum Gasteiger partial charge on any atom is 0.253 e. The van der Waals surface area contributed by atoms with E-state index in [1.807, 2.05) is 4.90 Å². The Morgan fingerprint density at radius 2 is 2.30 bits per heavy atom. The lowest BCUT2D eigenvalue weighted by atomic mass is 10.1. The van der Waals surface area contributed by atoms with Gasteiger partial charge in [-0.05, 0) is 44.7 Å². The number of amides is 1. The lowest BCUT2D eigenvalue weighted by Crippen LogP contribution is -2.50. The first-order chi connectivity index (χ1) is 14.6. The van der Waals surface area contributed by atoms with E-state index in [9.17, 15) is 9.90 Å². The molecule has 2 fully saturated rings. The fourth-order valence-corrected chi connectivity index (χ4v) is 4.43. The summed E-state index contributed by atoms with van der Waals surface area (Å²) in [7, 11) is 0. The Kier molecular flexibility index (Phi) is 6.71. The highest BCUT2D eigenvalue weighted by molar-refractivity contribution is 5.84. The topological polar surface area (TPSA) is 79.6 Å². The fraction of sp³-hybridized carbons (Fsp3) is 0.652. The average molecular weight is 415 g/mol. The van der Waals surface area contributed by atoms with Crippen LogP contribution in [0.3, 0.4) is 0 Å². The van der Waals surface area contributed by atoms with E-state index >= 15 is 0 Å². The maximum absolute atomic E-state index is 13.3. The second kappa shape index (κ2) is 9.45. The summed E-state index contributed by atoms with van der Waals surface area (Å²) in [6.07, 6.45) is 6.43. The monoisotopic (exact) mass is 414 g/mol. The molecule has 2 N–H and O–H groups in total. The van der Waals surface area contributed by atoms with Gasteiger partial charge in [0.15, 0.2) is 0 Å². The third-order valence-corrected chi connectivity index (χ3v) is 6.15. The summed E-state index contributed by atoms with van der Waals surface area (Å²) in [6.45, 7) is 7.16. The van der Waals surface area contributed by atoms with Crippen molar-refractivity contribution in [2.24, 2.45) is 0 Å². The van der Waals surface area contributed by atoms with Crippen LogP contribution in [0.2, 0.25) is 0 Å². The predicted octanol–water partition coefficient (Wildman–Crippen LogP) is 2.41. The van der Waals surface area contributed by atoms with E-state index < -0.39 is 6.10 Å². The Bertz CT molecular complexity index is 871. The highest BCUT2D eigenvalue weighted by atomic mass is 16.5. The van der Waals surface area contributed by atoms with Crippen LogP contribution in [0.1, 0.15) is 57.0 Å². The van der Waals surface area contributed by atoms with Crippen molar-refractivity contribution in [3.8, 4) is 0 Å². The third kappa shape index (κ3) is 4.38. The largest absolute Gasteiger partial charge is 0.396 e. The van der Waals surface area contributed by atoms with Gasteiger partial charge in [0, 0.05) is 43.9 Å². The van der Waals surface area contributed by atoms with E-state index in [-0.39, 0.29) is 24.6 Å². The number of fused-ring (bicyclic) bond motifs is 1. The van der Waals surface area contributed by atoms with Crippen LogP contribution in [0.15, 0.2) is 18.3 Å². The van der Waals surface area contributed by atoms with Crippen molar-refractivity contribution >= 4 is 16.8 Å². The van der Waals surface area contributed by atoms with Crippen LogP contribution >= 0.6 is 0 Å². The van der Waals surface area contributed by atoms with Crippen LogP contribution < -0.4 is 5.32 Å². The predicted molar refractivity (Wildman–Crippen MR) is 116 cm³/mol. The summed E-state index contributed by atoms with van der Waals surface area (Å²) >= 11 is 0. The number of carbonyl (C=O) groups excluding carboxylic acids is 1. The number of nitrogens with zero attached hydrogens (tertiary/aromatic N) is 3. The minimum Gasteiger partial charge on any atom is -0.396 e. The molecule has 1 aliphatic heterocycles. The van der Waals surface area contributed by atoms with Crippen LogP contribution in [0.5, 0.6) is 0 Å². The molecule has 30 heavy (non-hydrogen) atoms. The molecule has 1 aliphatic carbocycles. The van der Waals surface area contributed by atoms with Gasteiger partial charge in [-0.15, -0.1) is 0 Å². The van der Waals surface area contributed by atoms with Crippen LogP contribution in [-0.4, -0.2) is 63.9 Å². The Labute approximate surface area is 178 Å². The molecular formula is C23H34N4O3. The molecule has 1 saturated carbocycles. The zero-order valence-corrected chi connectivity index (χ0v) is 18.1. The number of morpholine rings is 1. The highest BCUT2D eigenvalue weighted by Crippen LogP contribution is 2.36. The maximum atomic E-state index is 13.3. The van der Waals surface area contributed by atoms with Gasteiger partial charge in [0.05, 0.1) is 29.6 Å². The van der Waals surface area contributed by atoms with Crippen LogP contribution in [0, 0.1) is 0 Å². The van der Waals surface area contributed by atoms with E-state index in [2.05, 4.69) is 42.1 Å². The SMILES string of the molecule is CCCc1nc([C@@H](C)N(C(=O)[C@H]2CNCCO2)C2CC2)cc2c1ccn2CCCO. The second-order valence-electron chi connectivity index (χ2n) is 8.48. The van der Waals surface area contributed by atoms with Gasteiger partial charge in [-0.1, -0.05) is 13.3 Å². The Morgan fingerprint density at radius 3 is 2.97 bits per heavy atom. The second-order valence-corrected chi connectivity index (χ2v) is 8.48. The standard InChI is InChI=1S/C23H34N4O3/c1-3-5-19-18-8-11-26(10-4-12-28)21(18)14-20(25-19)16(2)27(17-6-7-17)23(29)22-15-24-9-13-30-22/h8,11,14,16-17,22,24,28H,3-7,9-10,12-13,15H2,1-2H3/t16-,22-/m1/s1. The molecule has 164 valence electrons. The van der Waals surface area contributed by atoms with Gasteiger partial charge in [-0.3, -0.25) is 9.78 Å². The van der Waals surface area contributed by atoms with Crippen molar-refractivity contribution in [2.45, 2.75) is 70.7 Å². The van der Waals surface area contributed by atoms with Crippen molar-refractivity contribution in [1.29, 1.82) is 0 Å². The lowest BCUT2D eigenvalue weighted by Gasteiger charge is -2.34. The molecule has 2 atom stereocenters. The molecule has 0 unspecified atom stereocenters. The molecule has 2 aliphatic rings. The first kappa shape index (κ1) is 21.3. The van der Waals surface area contributed by atoms with E-state index in [0.29, 0.717) is 13.2 Å². The number of ether oxygens (including phenoxy) is 1. The lowest BCUT2D eigenvalue weighted by molar-refractivity contribution is -0.148. The number of rotatable bonds is 9. The minimum atomic E-state index is -0.408. The molecule has 7 nitrogen and oxygen atoms in total. The first-order valence-corrected chi connectivity index (χ1v) is 11.4. The van der Waals surface area contributed by atoms with E-state index in [1.165, 1.54) is 5.39 Å². The number of hydrogen-bond donors (Lipinski definition) is 2. The number of carbonyl (C=O) groups is 1.